The monoisotopic (exact) mass is 286 g/mol. The number of nitrogens with zero attached hydrogens (tertiary/aromatic N) is 2. The molecule has 0 aromatic carbocycles. The minimum Gasteiger partial charge on any atom is -0.294 e. The third kappa shape index (κ3) is 3.69. The topological polar surface area (TPSA) is 16.1 Å². The molecule has 4 heteroatoms. The molecule has 0 N–H and O–H groups in total. The summed E-state index contributed by atoms with van der Waals surface area (Å²) in [7, 11) is 0. The molecule has 1 aliphatic rings. The second-order valence-electron chi connectivity index (χ2n) is 5.17. The van der Waals surface area contributed by atoms with Gasteiger partial charge in [0.2, 0.25) is 0 Å². The molecule has 18 heavy (non-hydrogen) atoms. The zero-order valence-electron chi connectivity index (χ0n) is 11.4. The summed E-state index contributed by atoms with van der Waals surface area (Å²) in [6.45, 7) is 6.97. The summed E-state index contributed by atoms with van der Waals surface area (Å²) in [4.78, 5) is 7.31. The molecule has 1 aromatic heterocycles. The summed E-state index contributed by atoms with van der Waals surface area (Å²) >= 11 is 7.63. The van der Waals surface area contributed by atoms with Crippen LogP contribution in [0.4, 0.5) is 0 Å². The Kier molecular flexibility index (Phi) is 5.46. The highest BCUT2D eigenvalue weighted by Crippen LogP contribution is 2.34. The van der Waals surface area contributed by atoms with Gasteiger partial charge in [-0.2, -0.15) is 0 Å². The minimum atomic E-state index is 0.493. The Labute approximate surface area is 119 Å². The highest BCUT2D eigenvalue weighted by atomic mass is 35.5. The molecular weight excluding hydrogens is 264 g/mol. The second-order valence-corrected chi connectivity index (χ2v) is 6.33. The zero-order chi connectivity index (χ0) is 13.0. The molecule has 102 valence electrons. The molecule has 1 fully saturated rings. The van der Waals surface area contributed by atoms with E-state index < -0.39 is 0 Å². The Morgan fingerprint density at radius 3 is 2.78 bits per heavy atom. The van der Waals surface area contributed by atoms with Crippen molar-refractivity contribution < 1.29 is 0 Å². The molecule has 0 saturated heterocycles. The van der Waals surface area contributed by atoms with E-state index in [2.05, 4.69) is 29.1 Å². The molecule has 0 spiro atoms. The molecule has 2 nitrogen and oxygen atoms in total. The third-order valence-corrected chi connectivity index (χ3v) is 4.79. The lowest BCUT2D eigenvalue weighted by atomic mass is 10.1. The van der Waals surface area contributed by atoms with Crippen LogP contribution in [-0.4, -0.2) is 23.0 Å². The van der Waals surface area contributed by atoms with E-state index in [1.165, 1.54) is 37.4 Å². The number of rotatable bonds is 8. The number of alkyl halides is 1. The van der Waals surface area contributed by atoms with E-state index in [4.69, 9.17) is 11.6 Å². The van der Waals surface area contributed by atoms with Gasteiger partial charge in [0, 0.05) is 11.9 Å². The number of aromatic nitrogens is 1. The summed E-state index contributed by atoms with van der Waals surface area (Å²) in [6.07, 6.45) is 5.20. The van der Waals surface area contributed by atoms with E-state index in [0.29, 0.717) is 11.9 Å². The van der Waals surface area contributed by atoms with E-state index in [9.17, 15) is 0 Å². The molecule has 1 unspecified atom stereocenters. The van der Waals surface area contributed by atoms with Crippen LogP contribution in [-0.2, 0) is 5.88 Å². The minimum absolute atomic E-state index is 0.493. The fraction of sp³-hybridized carbons (Fsp3) is 0.786. The first kappa shape index (κ1) is 14.3. The van der Waals surface area contributed by atoms with Gasteiger partial charge < -0.3 is 0 Å². The van der Waals surface area contributed by atoms with Gasteiger partial charge in [-0.1, -0.05) is 13.8 Å². The lowest BCUT2D eigenvalue weighted by Crippen LogP contribution is -2.31. The number of hydrogen-bond donors (Lipinski definition) is 0. The lowest BCUT2D eigenvalue weighted by Gasteiger charge is -2.29. The van der Waals surface area contributed by atoms with Crippen molar-refractivity contribution in [2.75, 3.05) is 13.1 Å². The maximum Gasteiger partial charge on any atom is 0.110 e. The largest absolute Gasteiger partial charge is 0.294 e. The van der Waals surface area contributed by atoms with Crippen LogP contribution in [0.15, 0.2) is 5.38 Å². The van der Waals surface area contributed by atoms with Gasteiger partial charge in [0.25, 0.3) is 0 Å². The van der Waals surface area contributed by atoms with Crippen LogP contribution in [0.25, 0.3) is 0 Å². The van der Waals surface area contributed by atoms with E-state index in [1.54, 1.807) is 11.3 Å². The number of halogens is 1. The lowest BCUT2D eigenvalue weighted by molar-refractivity contribution is 0.183. The summed E-state index contributed by atoms with van der Waals surface area (Å²) in [5.41, 5.74) is 1.03. The molecule has 1 saturated carbocycles. The normalized spacial score (nSPS) is 17.3. The van der Waals surface area contributed by atoms with Crippen LogP contribution in [0.2, 0.25) is 0 Å². The molecule has 0 bridgehead atoms. The van der Waals surface area contributed by atoms with Crippen molar-refractivity contribution in [1.29, 1.82) is 0 Å². The van der Waals surface area contributed by atoms with Gasteiger partial charge in [-0.15, -0.1) is 22.9 Å². The van der Waals surface area contributed by atoms with Crippen LogP contribution >= 0.6 is 22.9 Å². The van der Waals surface area contributed by atoms with Crippen molar-refractivity contribution in [2.24, 2.45) is 5.92 Å². The molecule has 0 aliphatic heterocycles. The summed E-state index contributed by atoms with van der Waals surface area (Å²) in [5.74, 6) is 1.47. The van der Waals surface area contributed by atoms with Gasteiger partial charge >= 0.3 is 0 Å². The predicted molar refractivity (Wildman–Crippen MR) is 79.3 cm³/mol. The Hall–Kier alpha value is -0.120. The van der Waals surface area contributed by atoms with Crippen LogP contribution in [0.3, 0.4) is 0 Å². The first-order valence-electron chi connectivity index (χ1n) is 7.02. The van der Waals surface area contributed by atoms with E-state index in [1.807, 2.05) is 0 Å². The first-order valence-corrected chi connectivity index (χ1v) is 8.44. The van der Waals surface area contributed by atoms with Gasteiger partial charge in [-0.25, -0.2) is 4.98 Å². The third-order valence-electron chi connectivity index (χ3n) is 3.52. The van der Waals surface area contributed by atoms with Crippen molar-refractivity contribution in [3.63, 3.8) is 0 Å². The summed E-state index contributed by atoms with van der Waals surface area (Å²) in [6, 6.07) is 0.493. The smallest absolute Gasteiger partial charge is 0.110 e. The van der Waals surface area contributed by atoms with Gasteiger partial charge in [0.15, 0.2) is 0 Å². The van der Waals surface area contributed by atoms with Crippen molar-refractivity contribution in [3.05, 3.63) is 16.1 Å². The molecule has 2 rings (SSSR count). The number of hydrogen-bond acceptors (Lipinski definition) is 3. The molecule has 1 atom stereocenters. The quantitative estimate of drug-likeness (QED) is 0.656. The molecule has 1 heterocycles. The van der Waals surface area contributed by atoms with Gasteiger partial charge in [-0.3, -0.25) is 4.90 Å². The summed E-state index contributed by atoms with van der Waals surface area (Å²) < 4.78 is 0. The average molecular weight is 287 g/mol. The standard InChI is InChI=1S/C14H23ClN2S/c1-3-7-17(9-11-5-6-11)13(4-2)14-16-12(8-15)10-18-14/h10-11,13H,3-9H2,1-2H3. The van der Waals surface area contributed by atoms with Crippen LogP contribution in [0.1, 0.15) is 56.3 Å². The Balaban J connectivity index is 2.07. The molecule has 1 aliphatic carbocycles. The molecule has 1 aromatic rings. The molecule has 0 radical (unpaired) electrons. The van der Waals surface area contributed by atoms with Gasteiger partial charge in [0.1, 0.15) is 5.01 Å². The van der Waals surface area contributed by atoms with E-state index in [0.717, 1.165) is 18.0 Å². The van der Waals surface area contributed by atoms with Crippen molar-refractivity contribution >= 4 is 22.9 Å². The molecular formula is C14H23ClN2S. The van der Waals surface area contributed by atoms with Crippen molar-refractivity contribution in [1.82, 2.24) is 9.88 Å². The molecule has 0 amide bonds. The SMILES string of the molecule is CCCN(CC1CC1)C(CC)c1nc(CCl)cs1. The van der Waals surface area contributed by atoms with Crippen LogP contribution < -0.4 is 0 Å². The highest BCUT2D eigenvalue weighted by Gasteiger charge is 2.28. The second kappa shape index (κ2) is 6.88. The Morgan fingerprint density at radius 1 is 1.50 bits per heavy atom. The summed E-state index contributed by atoms with van der Waals surface area (Å²) in [5, 5.41) is 3.36. The van der Waals surface area contributed by atoms with Crippen molar-refractivity contribution in [3.8, 4) is 0 Å². The van der Waals surface area contributed by atoms with Crippen LogP contribution in [0, 0.1) is 5.92 Å². The average Bonchev–Trinajstić information content (AvgIpc) is 3.06. The number of thiazole rings is 1. The maximum atomic E-state index is 5.85. The highest BCUT2D eigenvalue weighted by molar-refractivity contribution is 7.09. The maximum absolute atomic E-state index is 5.85. The Morgan fingerprint density at radius 2 is 2.28 bits per heavy atom. The van der Waals surface area contributed by atoms with Gasteiger partial charge in [-0.05, 0) is 38.1 Å². The van der Waals surface area contributed by atoms with Crippen molar-refractivity contribution in [2.45, 2.75) is 51.5 Å². The predicted octanol–water partition coefficient (Wildman–Crippen LogP) is 4.46. The Bertz CT molecular complexity index is 362. The van der Waals surface area contributed by atoms with Gasteiger partial charge in [0.05, 0.1) is 17.6 Å². The van der Waals surface area contributed by atoms with E-state index >= 15 is 0 Å². The van der Waals surface area contributed by atoms with E-state index in [-0.39, 0.29) is 0 Å². The van der Waals surface area contributed by atoms with Crippen LogP contribution in [0.5, 0.6) is 0 Å². The zero-order valence-corrected chi connectivity index (χ0v) is 12.9. The fourth-order valence-electron chi connectivity index (χ4n) is 2.42. The fourth-order valence-corrected chi connectivity index (χ4v) is 3.68. The first-order chi connectivity index (χ1) is 8.78.